The average Bonchev–Trinajstić information content (AvgIpc) is 1.88. The largest absolute Gasteiger partial charge is 0.397 e. The molecule has 0 aliphatic carbocycles. The lowest BCUT2D eigenvalue weighted by Gasteiger charge is -1.93. The predicted octanol–water partition coefficient (Wildman–Crippen LogP) is 0.681. The maximum Gasteiger partial charge on any atom is 0.181 e. The van der Waals surface area contributed by atoms with Crippen LogP contribution in [0.5, 0.6) is 0 Å². The maximum atomic E-state index is 10.5. The van der Waals surface area contributed by atoms with E-state index in [1.54, 1.807) is 12.1 Å². The summed E-state index contributed by atoms with van der Waals surface area (Å²) in [4.78, 5) is 14.3. The molecule has 51 valence electrons. The van der Waals surface area contributed by atoms with Crippen molar-refractivity contribution in [3.05, 3.63) is 30.9 Å². The Balaban J connectivity index is 3.00. The molecule has 0 unspecified atom stereocenters. The Labute approximate surface area is 58.9 Å². The molecule has 0 atom stereocenters. The van der Waals surface area contributed by atoms with Crippen molar-refractivity contribution in [2.24, 2.45) is 0 Å². The Hall–Kier alpha value is -1.38. The summed E-state index contributed by atoms with van der Waals surface area (Å²) in [6.07, 6.45) is 1.43. The summed E-state index contributed by atoms with van der Waals surface area (Å²) in [5.41, 5.74) is 6.22. The number of rotatable bonds is 1. The van der Waals surface area contributed by atoms with Gasteiger partial charge in [0, 0.05) is 6.92 Å². The highest BCUT2D eigenvalue weighted by Crippen LogP contribution is 2.00. The third-order valence-electron chi connectivity index (χ3n) is 1.07. The lowest BCUT2D eigenvalue weighted by Crippen LogP contribution is -1.96. The second-order valence-corrected chi connectivity index (χ2v) is 1.90. The highest BCUT2D eigenvalue weighted by atomic mass is 16.1. The first-order valence-electron chi connectivity index (χ1n) is 2.78. The second kappa shape index (κ2) is 2.47. The zero-order valence-corrected chi connectivity index (χ0v) is 5.37. The number of carbonyl (C=O) groups is 1. The van der Waals surface area contributed by atoms with E-state index in [0.29, 0.717) is 11.4 Å². The number of carbonyl (C=O) groups excluding carboxylic acids is 1. The van der Waals surface area contributed by atoms with Crippen molar-refractivity contribution >= 4 is 11.5 Å². The van der Waals surface area contributed by atoms with Crippen molar-refractivity contribution < 1.29 is 4.79 Å². The van der Waals surface area contributed by atoms with Crippen molar-refractivity contribution in [1.82, 2.24) is 4.98 Å². The van der Waals surface area contributed by atoms with E-state index >= 15 is 0 Å². The zero-order valence-electron chi connectivity index (χ0n) is 5.37. The summed E-state index contributed by atoms with van der Waals surface area (Å²) in [5, 5.41) is 0. The number of pyridine rings is 1. The molecule has 0 spiro atoms. The van der Waals surface area contributed by atoms with E-state index in [1.165, 1.54) is 6.20 Å². The number of nitrogen functional groups attached to an aromatic ring is 1. The molecule has 0 aliphatic heterocycles. The number of nitrogens with two attached hydrogens (primary N) is 1. The summed E-state index contributed by atoms with van der Waals surface area (Å²) in [7, 11) is 0. The van der Waals surface area contributed by atoms with E-state index < -0.39 is 0 Å². The minimum absolute atomic E-state index is 0.292. The molecule has 1 rings (SSSR count). The van der Waals surface area contributed by atoms with Crippen LogP contribution in [-0.4, -0.2) is 10.8 Å². The van der Waals surface area contributed by atoms with Crippen LogP contribution in [0.4, 0.5) is 5.69 Å². The van der Waals surface area contributed by atoms with Crippen molar-refractivity contribution in [3.63, 3.8) is 0 Å². The lowest BCUT2D eigenvalue weighted by atomic mass is 10.3. The highest BCUT2D eigenvalue weighted by Gasteiger charge is 1.97. The van der Waals surface area contributed by atoms with Gasteiger partial charge in [-0.05, 0) is 12.1 Å². The fourth-order valence-corrected chi connectivity index (χ4v) is 0.570. The first kappa shape index (κ1) is 6.74. The number of anilines is 1. The van der Waals surface area contributed by atoms with Gasteiger partial charge < -0.3 is 5.73 Å². The quantitative estimate of drug-likeness (QED) is 0.576. The van der Waals surface area contributed by atoms with Crippen LogP contribution in [0.3, 0.4) is 0 Å². The van der Waals surface area contributed by atoms with Gasteiger partial charge in [-0.15, -0.1) is 0 Å². The Bertz CT molecular complexity index is 240. The molecule has 3 nitrogen and oxygen atoms in total. The number of aromatic nitrogens is 1. The second-order valence-electron chi connectivity index (χ2n) is 1.90. The molecule has 2 N–H and O–H groups in total. The van der Waals surface area contributed by atoms with E-state index in [9.17, 15) is 4.79 Å². The number of hydrogen-bond donors (Lipinski definition) is 1. The van der Waals surface area contributed by atoms with Crippen LogP contribution in [0, 0.1) is 6.92 Å². The van der Waals surface area contributed by atoms with E-state index in [4.69, 9.17) is 5.73 Å². The van der Waals surface area contributed by atoms with E-state index in [0.717, 1.165) is 0 Å². The van der Waals surface area contributed by atoms with Crippen LogP contribution >= 0.6 is 0 Å². The molecule has 1 radical (unpaired) electrons. The van der Waals surface area contributed by atoms with Gasteiger partial charge >= 0.3 is 0 Å². The third-order valence-corrected chi connectivity index (χ3v) is 1.07. The molecule has 0 bridgehead atoms. The first-order valence-corrected chi connectivity index (χ1v) is 2.78. The number of nitrogens with zero attached hydrogens (tertiary/aromatic N) is 1. The lowest BCUT2D eigenvalue weighted by molar-refractivity contribution is 0.104. The first-order chi connectivity index (χ1) is 4.70. The molecular weight excluding hydrogens is 128 g/mol. The van der Waals surface area contributed by atoms with Gasteiger partial charge in [0.1, 0.15) is 5.69 Å². The van der Waals surface area contributed by atoms with E-state index in [-0.39, 0.29) is 5.78 Å². The minimum Gasteiger partial charge on any atom is -0.397 e. The molecule has 0 aliphatic rings. The van der Waals surface area contributed by atoms with Crippen molar-refractivity contribution in [1.29, 1.82) is 0 Å². The van der Waals surface area contributed by atoms with Crippen LogP contribution in [0.2, 0.25) is 0 Å². The molecule has 1 heterocycles. The van der Waals surface area contributed by atoms with Crippen molar-refractivity contribution in [2.75, 3.05) is 5.73 Å². The fraction of sp³-hybridized carbons (Fsp3) is 0. The fourth-order valence-electron chi connectivity index (χ4n) is 0.570. The van der Waals surface area contributed by atoms with Crippen LogP contribution in [0.1, 0.15) is 10.5 Å². The molecule has 3 heteroatoms. The standard InChI is InChI=1S/C7H7N2O/c1-5(10)7-3-2-6(8)4-9-7/h2-4H,1,8H2. The van der Waals surface area contributed by atoms with Gasteiger partial charge in [-0.25, -0.2) is 0 Å². The summed E-state index contributed by atoms with van der Waals surface area (Å²) in [6.45, 7) is 3.20. The normalized spacial score (nSPS) is 9.30. The molecule has 0 saturated heterocycles. The maximum absolute atomic E-state index is 10.5. The van der Waals surface area contributed by atoms with Crippen LogP contribution in [0.25, 0.3) is 0 Å². The van der Waals surface area contributed by atoms with Crippen molar-refractivity contribution in [2.45, 2.75) is 0 Å². The Kier molecular flexibility index (Phi) is 1.67. The average molecular weight is 135 g/mol. The number of hydrogen-bond acceptors (Lipinski definition) is 3. The monoisotopic (exact) mass is 135 g/mol. The summed E-state index contributed by atoms with van der Waals surface area (Å²) in [5.74, 6) is -0.292. The van der Waals surface area contributed by atoms with E-state index in [2.05, 4.69) is 11.9 Å². The third kappa shape index (κ3) is 1.31. The Morgan fingerprint density at radius 3 is 2.70 bits per heavy atom. The van der Waals surface area contributed by atoms with Crippen LogP contribution in [-0.2, 0) is 0 Å². The van der Waals surface area contributed by atoms with Gasteiger partial charge in [-0.1, -0.05) is 0 Å². The van der Waals surface area contributed by atoms with Gasteiger partial charge in [0.25, 0.3) is 0 Å². The number of ketones is 1. The Morgan fingerprint density at radius 1 is 1.60 bits per heavy atom. The molecule has 0 saturated carbocycles. The number of Topliss-reactive ketones (excluding diaryl/α,β-unsaturated/α-hetero) is 1. The van der Waals surface area contributed by atoms with Crippen molar-refractivity contribution in [3.8, 4) is 0 Å². The highest BCUT2D eigenvalue weighted by molar-refractivity contribution is 5.97. The Morgan fingerprint density at radius 2 is 2.30 bits per heavy atom. The minimum atomic E-state index is -0.292. The molecular formula is C7H7N2O. The summed E-state index contributed by atoms with van der Waals surface area (Å²) < 4.78 is 0. The molecule has 0 fully saturated rings. The SMILES string of the molecule is [CH2]C(=O)c1ccc(N)cn1. The molecule has 1 aromatic heterocycles. The smallest absolute Gasteiger partial charge is 0.181 e. The van der Waals surface area contributed by atoms with Gasteiger partial charge in [0.05, 0.1) is 11.9 Å². The zero-order chi connectivity index (χ0) is 7.56. The molecule has 0 aromatic carbocycles. The van der Waals surface area contributed by atoms with Gasteiger partial charge in [-0.2, -0.15) is 0 Å². The molecule has 10 heavy (non-hydrogen) atoms. The van der Waals surface area contributed by atoms with Crippen LogP contribution in [0.15, 0.2) is 18.3 Å². The molecule has 0 amide bonds. The summed E-state index contributed by atoms with van der Waals surface area (Å²) in [6, 6.07) is 3.16. The van der Waals surface area contributed by atoms with E-state index in [1.807, 2.05) is 0 Å². The molecule has 1 aromatic rings. The van der Waals surface area contributed by atoms with Gasteiger partial charge in [0.2, 0.25) is 0 Å². The van der Waals surface area contributed by atoms with Crippen LogP contribution < -0.4 is 5.73 Å². The van der Waals surface area contributed by atoms with Gasteiger partial charge in [-0.3, -0.25) is 9.78 Å². The predicted molar refractivity (Wildman–Crippen MR) is 38.3 cm³/mol. The topological polar surface area (TPSA) is 56.0 Å². The van der Waals surface area contributed by atoms with Gasteiger partial charge in [0.15, 0.2) is 5.78 Å². The summed E-state index contributed by atoms with van der Waals surface area (Å²) >= 11 is 0.